The van der Waals surface area contributed by atoms with Crippen LogP contribution in [0.4, 0.5) is 11.4 Å². The number of nitrogens with two attached hydrogens (primary N) is 2. The Morgan fingerprint density at radius 2 is 1.85 bits per heavy atom. The summed E-state index contributed by atoms with van der Waals surface area (Å²) in [6.07, 6.45) is 1.67. The van der Waals surface area contributed by atoms with Gasteiger partial charge in [0.05, 0.1) is 11.8 Å². The number of ether oxygens (including phenoxy) is 3. The summed E-state index contributed by atoms with van der Waals surface area (Å²) in [5, 5.41) is 2.96. The van der Waals surface area contributed by atoms with Crippen molar-refractivity contribution >= 4 is 40.6 Å². The van der Waals surface area contributed by atoms with Gasteiger partial charge < -0.3 is 31.0 Å². The summed E-state index contributed by atoms with van der Waals surface area (Å²) in [6.45, 7) is 3.64. The van der Waals surface area contributed by atoms with Gasteiger partial charge >= 0.3 is 0 Å². The van der Waals surface area contributed by atoms with E-state index in [0.717, 1.165) is 29.9 Å². The highest BCUT2D eigenvalue weighted by molar-refractivity contribution is 7.09. The fourth-order valence-electron chi connectivity index (χ4n) is 4.59. The predicted octanol–water partition coefficient (Wildman–Crippen LogP) is 2.59. The van der Waals surface area contributed by atoms with Crippen molar-refractivity contribution in [1.82, 2.24) is 9.69 Å². The lowest BCUT2D eigenvalue weighted by Crippen LogP contribution is -2.45. The Bertz CT molecular complexity index is 1390. The molecule has 2 aliphatic rings. The largest absolute Gasteiger partial charge is 0.486 e. The molecular formula is C27H29N5O6S. The van der Waals surface area contributed by atoms with Gasteiger partial charge in [-0.2, -0.15) is 4.37 Å². The van der Waals surface area contributed by atoms with Crippen molar-refractivity contribution in [1.29, 1.82) is 0 Å². The Balaban J connectivity index is 1.61. The maximum atomic E-state index is 14.2. The molecule has 12 heteroatoms. The molecule has 1 fully saturated rings. The third-order valence-electron chi connectivity index (χ3n) is 6.61. The van der Waals surface area contributed by atoms with E-state index >= 15 is 0 Å². The van der Waals surface area contributed by atoms with Gasteiger partial charge in [0.25, 0.3) is 11.8 Å². The number of nitrogens with zero attached hydrogens (tertiary/aromatic N) is 2. The topological polar surface area (TPSA) is 159 Å². The van der Waals surface area contributed by atoms with Crippen LogP contribution in [0.2, 0.25) is 0 Å². The normalized spacial score (nSPS) is 16.9. The Morgan fingerprint density at radius 3 is 2.51 bits per heavy atom. The van der Waals surface area contributed by atoms with Crippen molar-refractivity contribution in [3.8, 4) is 11.5 Å². The van der Waals surface area contributed by atoms with Crippen molar-refractivity contribution < 1.29 is 28.6 Å². The van der Waals surface area contributed by atoms with E-state index in [9.17, 15) is 14.4 Å². The van der Waals surface area contributed by atoms with Crippen LogP contribution in [-0.4, -0.2) is 54.6 Å². The molecule has 0 saturated carbocycles. The number of rotatable bonds is 8. The van der Waals surface area contributed by atoms with E-state index in [4.69, 9.17) is 25.7 Å². The first-order chi connectivity index (χ1) is 18.8. The lowest BCUT2D eigenvalue weighted by molar-refractivity contribution is -0.123. The number of nitrogens with one attached hydrogen (secondary N) is 1. The van der Waals surface area contributed by atoms with Crippen molar-refractivity contribution in [2.24, 2.45) is 5.73 Å². The number of carbonyl (C=O) groups excluding carboxylic acids is 3. The van der Waals surface area contributed by atoms with E-state index in [1.807, 2.05) is 19.1 Å². The molecule has 3 amide bonds. The molecule has 2 aromatic carbocycles. The first-order valence-corrected chi connectivity index (χ1v) is 13.3. The second kappa shape index (κ2) is 11.3. The van der Waals surface area contributed by atoms with Crippen molar-refractivity contribution in [2.45, 2.75) is 31.9 Å². The van der Waals surface area contributed by atoms with Crippen LogP contribution >= 0.6 is 11.5 Å². The summed E-state index contributed by atoms with van der Waals surface area (Å²) < 4.78 is 21.1. The van der Waals surface area contributed by atoms with Crippen LogP contribution in [0, 0.1) is 6.92 Å². The van der Waals surface area contributed by atoms with Gasteiger partial charge in [0.1, 0.15) is 24.1 Å². The third-order valence-corrected chi connectivity index (χ3v) is 7.46. The molecule has 1 saturated heterocycles. The highest BCUT2D eigenvalue weighted by atomic mass is 32.1. The van der Waals surface area contributed by atoms with Crippen molar-refractivity contribution in [3.05, 3.63) is 64.2 Å². The minimum atomic E-state index is -1.10. The summed E-state index contributed by atoms with van der Waals surface area (Å²) in [7, 11) is 0. The summed E-state index contributed by atoms with van der Waals surface area (Å²) in [5.74, 6) is -0.907. The number of benzene rings is 2. The van der Waals surface area contributed by atoms with Crippen LogP contribution in [0.5, 0.6) is 11.5 Å². The van der Waals surface area contributed by atoms with Gasteiger partial charge in [-0.05, 0) is 49.0 Å². The molecule has 11 nitrogen and oxygen atoms in total. The highest BCUT2D eigenvalue weighted by Gasteiger charge is 2.37. The van der Waals surface area contributed by atoms with Crippen LogP contribution in [0.25, 0.3) is 0 Å². The van der Waals surface area contributed by atoms with Gasteiger partial charge in [-0.15, -0.1) is 0 Å². The zero-order chi connectivity index (χ0) is 27.5. The van der Waals surface area contributed by atoms with Gasteiger partial charge in [-0.1, -0.05) is 29.8 Å². The molecule has 1 aromatic heterocycles. The Labute approximate surface area is 229 Å². The second-order valence-electron chi connectivity index (χ2n) is 9.33. The summed E-state index contributed by atoms with van der Waals surface area (Å²) in [4.78, 5) is 41.2. The molecule has 0 spiro atoms. The number of aromatic nitrogens is 1. The van der Waals surface area contributed by atoms with Gasteiger partial charge in [-0.3, -0.25) is 19.3 Å². The first-order valence-electron chi connectivity index (χ1n) is 12.6. The van der Waals surface area contributed by atoms with E-state index in [2.05, 4.69) is 9.69 Å². The van der Waals surface area contributed by atoms with Gasteiger partial charge in [-0.25, -0.2) is 0 Å². The zero-order valence-electron chi connectivity index (χ0n) is 21.3. The number of carbonyl (C=O) groups is 3. The monoisotopic (exact) mass is 551 g/mol. The van der Waals surface area contributed by atoms with Crippen molar-refractivity contribution in [2.75, 3.05) is 37.0 Å². The van der Waals surface area contributed by atoms with Crippen LogP contribution in [-0.2, 0) is 9.53 Å². The number of nitrogen functional groups attached to an aromatic ring is 1. The fourth-order valence-corrected chi connectivity index (χ4v) is 5.33. The standard InChI is InChI=1S/C27H29N5O6S/c1-15-4-6-16(7-5-15)23(26(34)30-14-18-3-2-10-36-18)32(17-8-9-19-20(13-17)38-12-11-37-19)27(35)24-21(28)22(25(29)33)31-39-24/h4-9,13,18,23H,2-3,10-12,14,28H2,1H3,(H2,29,33)(H,30,34)/t18-,23-/m0/s1. The average molecular weight is 552 g/mol. The lowest BCUT2D eigenvalue weighted by Gasteiger charge is -2.32. The summed E-state index contributed by atoms with van der Waals surface area (Å²) >= 11 is 0.750. The molecule has 3 aromatic rings. The molecule has 0 aliphatic carbocycles. The highest BCUT2D eigenvalue weighted by Crippen LogP contribution is 2.39. The molecule has 0 radical (unpaired) electrons. The Kier molecular flexibility index (Phi) is 7.66. The number of hydrogen-bond acceptors (Lipinski definition) is 9. The maximum absolute atomic E-state index is 14.2. The predicted molar refractivity (Wildman–Crippen MR) is 145 cm³/mol. The molecule has 5 N–H and O–H groups in total. The van der Waals surface area contributed by atoms with Crippen molar-refractivity contribution in [3.63, 3.8) is 0 Å². The van der Waals surface area contributed by atoms with Gasteiger partial charge in [0.2, 0.25) is 5.91 Å². The summed E-state index contributed by atoms with van der Waals surface area (Å²) in [5.41, 5.74) is 13.2. The summed E-state index contributed by atoms with van der Waals surface area (Å²) in [6, 6.07) is 11.2. The van der Waals surface area contributed by atoms with E-state index < -0.39 is 23.8 Å². The number of primary amides is 1. The smallest absolute Gasteiger partial charge is 0.273 e. The van der Waals surface area contributed by atoms with E-state index in [0.29, 0.717) is 49.1 Å². The Morgan fingerprint density at radius 1 is 1.10 bits per heavy atom. The Hall–Kier alpha value is -4.16. The SMILES string of the molecule is Cc1ccc([C@@H](C(=O)NC[C@@H]2CCCO2)N(C(=O)c2snc(C(N)=O)c2N)c2ccc3c(c2)OCCO3)cc1. The fraction of sp³-hybridized carbons (Fsp3) is 0.333. The molecular weight excluding hydrogens is 522 g/mol. The minimum absolute atomic E-state index is 0.0114. The molecule has 5 rings (SSSR count). The molecule has 0 bridgehead atoms. The van der Waals surface area contributed by atoms with E-state index in [-0.39, 0.29) is 22.4 Å². The van der Waals surface area contributed by atoms with E-state index in [1.54, 1.807) is 30.3 Å². The number of aryl methyl sites for hydroxylation is 1. The molecule has 3 heterocycles. The second-order valence-corrected chi connectivity index (χ2v) is 10.1. The quantitative estimate of drug-likeness (QED) is 0.385. The van der Waals surface area contributed by atoms with Gasteiger partial charge in [0.15, 0.2) is 17.2 Å². The van der Waals surface area contributed by atoms with E-state index in [1.165, 1.54) is 4.90 Å². The van der Waals surface area contributed by atoms with Crippen LogP contribution in [0.15, 0.2) is 42.5 Å². The first kappa shape index (κ1) is 26.4. The zero-order valence-corrected chi connectivity index (χ0v) is 22.2. The minimum Gasteiger partial charge on any atom is -0.486 e. The third kappa shape index (κ3) is 5.52. The average Bonchev–Trinajstić information content (AvgIpc) is 3.60. The number of fused-ring (bicyclic) bond motifs is 1. The molecule has 2 atom stereocenters. The van der Waals surface area contributed by atoms with Crippen LogP contribution < -0.4 is 31.2 Å². The molecule has 2 aliphatic heterocycles. The maximum Gasteiger partial charge on any atom is 0.273 e. The van der Waals surface area contributed by atoms with Crippen LogP contribution in [0.3, 0.4) is 0 Å². The number of anilines is 2. The lowest BCUT2D eigenvalue weighted by atomic mass is 10.0. The molecule has 204 valence electrons. The number of hydrogen-bond donors (Lipinski definition) is 3. The van der Waals surface area contributed by atoms with Crippen LogP contribution in [0.1, 0.15) is 50.2 Å². The molecule has 39 heavy (non-hydrogen) atoms. The van der Waals surface area contributed by atoms with Gasteiger partial charge in [0, 0.05) is 24.9 Å². The molecule has 0 unspecified atom stereocenters. The number of amides is 3.